The van der Waals surface area contributed by atoms with Crippen LogP contribution in [0.2, 0.25) is 0 Å². The van der Waals surface area contributed by atoms with Crippen LogP contribution in [0, 0.1) is 17.5 Å². The lowest BCUT2D eigenvalue weighted by Gasteiger charge is -2.39. The molecule has 0 unspecified atom stereocenters. The van der Waals surface area contributed by atoms with Crippen molar-refractivity contribution in [1.29, 1.82) is 0 Å². The van der Waals surface area contributed by atoms with Crippen LogP contribution in [0.4, 0.5) is 13.2 Å². The van der Waals surface area contributed by atoms with E-state index in [0.29, 0.717) is 6.61 Å². The molecule has 2 fully saturated rings. The SMILES string of the molecule is C=C(N(CCC)CCCN1CCC2(CC1)OCc1ccc(F)cc12)C1(c2ccc(F)c(F)c2)CC1. The van der Waals surface area contributed by atoms with Crippen LogP contribution in [0.1, 0.15) is 62.1 Å². The summed E-state index contributed by atoms with van der Waals surface area (Å²) in [5, 5.41) is 0. The predicted molar refractivity (Wildman–Crippen MR) is 131 cm³/mol. The maximum Gasteiger partial charge on any atom is 0.159 e. The van der Waals surface area contributed by atoms with Crippen LogP contribution in [-0.4, -0.2) is 42.5 Å². The summed E-state index contributed by atoms with van der Waals surface area (Å²) in [4.78, 5) is 4.82. The Kier molecular flexibility index (Phi) is 6.71. The molecule has 1 saturated carbocycles. The number of benzene rings is 2. The Morgan fingerprint density at radius 1 is 1.00 bits per heavy atom. The molecular weight excluding hydrogens is 449 g/mol. The van der Waals surface area contributed by atoms with Gasteiger partial charge in [-0.25, -0.2) is 13.2 Å². The molecule has 0 radical (unpaired) electrons. The highest BCUT2D eigenvalue weighted by Gasteiger charge is 2.49. The summed E-state index contributed by atoms with van der Waals surface area (Å²) < 4.78 is 47.5. The van der Waals surface area contributed by atoms with Gasteiger partial charge in [-0.1, -0.05) is 25.6 Å². The number of nitrogens with zero attached hydrogens (tertiary/aromatic N) is 2. The Labute approximate surface area is 206 Å². The van der Waals surface area contributed by atoms with Gasteiger partial charge in [-0.2, -0.15) is 0 Å². The van der Waals surface area contributed by atoms with Gasteiger partial charge in [0, 0.05) is 37.3 Å². The quantitative estimate of drug-likeness (QED) is 0.417. The number of likely N-dealkylation sites (tertiary alicyclic amines) is 1. The predicted octanol–water partition coefficient (Wildman–Crippen LogP) is 6.27. The summed E-state index contributed by atoms with van der Waals surface area (Å²) in [7, 11) is 0. The zero-order valence-electron chi connectivity index (χ0n) is 20.6. The van der Waals surface area contributed by atoms with E-state index in [2.05, 4.69) is 23.3 Å². The standard InChI is InChI=1S/C29H35F3N2O/c1-3-13-34(21(2)28(9-10-28)23-6-8-26(31)27(32)18-23)15-4-14-33-16-11-29(12-17-33)25-19-24(30)7-5-22(25)20-35-29/h5-8,18-19H,2-4,9-17,20H2,1H3. The smallest absolute Gasteiger partial charge is 0.159 e. The van der Waals surface area contributed by atoms with Gasteiger partial charge in [-0.3, -0.25) is 0 Å². The number of halogens is 3. The minimum atomic E-state index is -0.805. The zero-order chi connectivity index (χ0) is 24.6. The lowest BCUT2D eigenvalue weighted by atomic mass is 9.83. The first-order chi connectivity index (χ1) is 16.9. The fourth-order valence-electron chi connectivity index (χ4n) is 6.05. The van der Waals surface area contributed by atoms with Crippen LogP contribution in [0.25, 0.3) is 0 Å². The first-order valence-electron chi connectivity index (χ1n) is 12.9. The number of rotatable bonds is 9. The maximum atomic E-state index is 13.9. The molecule has 2 aromatic rings. The summed E-state index contributed by atoms with van der Waals surface area (Å²) in [6.45, 7) is 11.8. The number of ether oxygens (including phenoxy) is 1. The van der Waals surface area contributed by atoms with E-state index in [1.165, 1.54) is 18.2 Å². The maximum absolute atomic E-state index is 13.9. The highest BCUT2D eigenvalue weighted by Crippen LogP contribution is 2.54. The van der Waals surface area contributed by atoms with Gasteiger partial charge in [-0.05, 0) is 86.0 Å². The highest BCUT2D eigenvalue weighted by molar-refractivity contribution is 5.41. The van der Waals surface area contributed by atoms with Crippen molar-refractivity contribution in [3.05, 3.63) is 82.8 Å². The highest BCUT2D eigenvalue weighted by atomic mass is 19.2. The van der Waals surface area contributed by atoms with Crippen molar-refractivity contribution in [2.45, 2.75) is 63.1 Å². The summed E-state index contributed by atoms with van der Waals surface area (Å²) >= 11 is 0. The van der Waals surface area contributed by atoms with Crippen molar-refractivity contribution in [1.82, 2.24) is 9.80 Å². The third kappa shape index (κ3) is 4.63. The molecule has 188 valence electrons. The van der Waals surface area contributed by atoms with Crippen LogP contribution in [-0.2, 0) is 22.4 Å². The van der Waals surface area contributed by atoms with E-state index in [1.54, 1.807) is 12.1 Å². The van der Waals surface area contributed by atoms with E-state index in [4.69, 9.17) is 4.74 Å². The summed E-state index contributed by atoms with van der Waals surface area (Å²) in [5.74, 6) is -1.78. The Bertz CT molecular complexity index is 1090. The molecule has 2 heterocycles. The summed E-state index contributed by atoms with van der Waals surface area (Å²) in [6, 6.07) is 9.31. The third-order valence-electron chi connectivity index (χ3n) is 8.28. The second-order valence-corrected chi connectivity index (χ2v) is 10.4. The van der Waals surface area contributed by atoms with Crippen molar-refractivity contribution < 1.29 is 17.9 Å². The van der Waals surface area contributed by atoms with Gasteiger partial charge in [0.2, 0.25) is 0 Å². The van der Waals surface area contributed by atoms with Gasteiger partial charge in [0.05, 0.1) is 12.2 Å². The second kappa shape index (κ2) is 9.62. The first-order valence-corrected chi connectivity index (χ1v) is 12.9. The number of hydrogen-bond acceptors (Lipinski definition) is 3. The van der Waals surface area contributed by atoms with Crippen molar-refractivity contribution in [3.8, 4) is 0 Å². The molecule has 3 aliphatic rings. The fraction of sp³-hybridized carbons (Fsp3) is 0.517. The topological polar surface area (TPSA) is 15.7 Å². The van der Waals surface area contributed by atoms with E-state index in [1.807, 2.05) is 6.07 Å². The monoisotopic (exact) mass is 484 g/mol. The molecule has 0 bridgehead atoms. The van der Waals surface area contributed by atoms with Crippen LogP contribution in [0.5, 0.6) is 0 Å². The van der Waals surface area contributed by atoms with Crippen molar-refractivity contribution in [2.24, 2.45) is 0 Å². The Balaban J connectivity index is 1.16. The Hall–Kier alpha value is -2.31. The zero-order valence-corrected chi connectivity index (χ0v) is 20.6. The molecule has 0 atom stereocenters. The first kappa shape index (κ1) is 24.4. The molecule has 2 aromatic carbocycles. The van der Waals surface area contributed by atoms with Gasteiger partial charge < -0.3 is 14.5 Å². The molecule has 1 spiro atoms. The van der Waals surface area contributed by atoms with E-state index in [-0.39, 0.29) is 16.8 Å². The number of hydrogen-bond donors (Lipinski definition) is 0. The van der Waals surface area contributed by atoms with Crippen LogP contribution in [0.3, 0.4) is 0 Å². The van der Waals surface area contributed by atoms with Gasteiger partial charge in [0.15, 0.2) is 11.6 Å². The minimum Gasteiger partial charge on any atom is -0.375 e. The Morgan fingerprint density at radius 2 is 1.77 bits per heavy atom. The molecule has 1 aliphatic carbocycles. The molecule has 0 N–H and O–H groups in total. The molecule has 6 heteroatoms. The Morgan fingerprint density at radius 3 is 2.46 bits per heavy atom. The van der Waals surface area contributed by atoms with E-state index >= 15 is 0 Å². The van der Waals surface area contributed by atoms with Crippen molar-refractivity contribution >= 4 is 0 Å². The molecule has 2 aliphatic heterocycles. The largest absolute Gasteiger partial charge is 0.375 e. The van der Waals surface area contributed by atoms with Gasteiger partial charge in [0.25, 0.3) is 0 Å². The molecule has 35 heavy (non-hydrogen) atoms. The molecule has 1 saturated heterocycles. The average molecular weight is 485 g/mol. The molecular formula is C29H35F3N2O. The van der Waals surface area contributed by atoms with E-state index in [9.17, 15) is 13.2 Å². The third-order valence-corrected chi connectivity index (χ3v) is 8.28. The fourth-order valence-corrected chi connectivity index (χ4v) is 6.05. The normalized spacial score (nSPS) is 20.1. The number of fused-ring (bicyclic) bond motifs is 2. The van der Waals surface area contributed by atoms with Gasteiger partial charge in [-0.15, -0.1) is 0 Å². The lowest BCUT2D eigenvalue weighted by Crippen LogP contribution is -2.43. The molecule has 0 aromatic heterocycles. The van der Waals surface area contributed by atoms with Crippen LogP contribution >= 0.6 is 0 Å². The second-order valence-electron chi connectivity index (χ2n) is 10.4. The van der Waals surface area contributed by atoms with Crippen molar-refractivity contribution in [2.75, 3.05) is 32.7 Å². The van der Waals surface area contributed by atoms with Gasteiger partial charge >= 0.3 is 0 Å². The number of allylic oxidation sites excluding steroid dienone is 1. The van der Waals surface area contributed by atoms with E-state index < -0.39 is 11.6 Å². The number of piperidine rings is 1. The molecule has 3 nitrogen and oxygen atoms in total. The summed E-state index contributed by atoms with van der Waals surface area (Å²) in [5.41, 5.74) is 3.42. The molecule has 5 rings (SSSR count). The van der Waals surface area contributed by atoms with Crippen LogP contribution in [0.15, 0.2) is 48.7 Å². The summed E-state index contributed by atoms with van der Waals surface area (Å²) in [6.07, 6.45) is 5.63. The van der Waals surface area contributed by atoms with E-state index in [0.717, 1.165) is 93.6 Å². The van der Waals surface area contributed by atoms with Crippen molar-refractivity contribution in [3.63, 3.8) is 0 Å². The van der Waals surface area contributed by atoms with Gasteiger partial charge in [0.1, 0.15) is 5.82 Å². The van der Waals surface area contributed by atoms with Crippen LogP contribution < -0.4 is 0 Å². The molecule has 0 amide bonds. The minimum absolute atomic E-state index is 0.191. The lowest BCUT2D eigenvalue weighted by molar-refractivity contribution is -0.0790. The average Bonchev–Trinajstić information content (AvgIpc) is 3.60.